The number of H-pyrrole nitrogens is 1. The Kier molecular flexibility index (Phi) is 4.75. The maximum Gasteiger partial charge on any atom is 0.265 e. The predicted molar refractivity (Wildman–Crippen MR) is 84.2 cm³/mol. The molecule has 0 amide bonds. The Morgan fingerprint density at radius 2 is 2.05 bits per heavy atom. The van der Waals surface area contributed by atoms with Gasteiger partial charge in [-0.2, -0.15) is 0 Å². The number of benzene rings is 1. The van der Waals surface area contributed by atoms with Crippen LogP contribution in [0.2, 0.25) is 0 Å². The molecular weight excluding hydrogens is 391 g/mol. The van der Waals surface area contributed by atoms with E-state index in [9.17, 15) is 9.18 Å². The summed E-state index contributed by atoms with van der Waals surface area (Å²) in [6.07, 6.45) is 0.694. The monoisotopic (exact) mass is 402 g/mol. The van der Waals surface area contributed by atoms with Crippen molar-refractivity contribution in [2.75, 3.05) is 0 Å². The second kappa shape index (κ2) is 6.18. The van der Waals surface area contributed by atoms with E-state index in [1.165, 1.54) is 6.07 Å². The summed E-state index contributed by atoms with van der Waals surface area (Å²) < 4.78 is 14.1. The molecule has 3 nitrogen and oxygen atoms in total. The average Bonchev–Trinajstić information content (AvgIpc) is 2.37. The third-order valence-electron chi connectivity index (χ3n) is 2.73. The van der Waals surface area contributed by atoms with Gasteiger partial charge in [0.25, 0.3) is 5.56 Å². The van der Waals surface area contributed by atoms with Crippen molar-refractivity contribution in [2.24, 2.45) is 5.92 Å². The molecule has 0 fully saturated rings. The Bertz CT molecular complexity index is 698. The lowest BCUT2D eigenvalue weighted by molar-refractivity contribution is 0.621. The second-order valence-corrected chi connectivity index (χ2v) is 6.55. The summed E-state index contributed by atoms with van der Waals surface area (Å²) in [6.45, 7) is 4.12. The highest BCUT2D eigenvalue weighted by Gasteiger charge is 2.12. The van der Waals surface area contributed by atoms with Crippen LogP contribution in [0.15, 0.2) is 31.9 Å². The van der Waals surface area contributed by atoms with Crippen molar-refractivity contribution in [1.82, 2.24) is 9.97 Å². The van der Waals surface area contributed by atoms with Crippen LogP contribution in [0.5, 0.6) is 0 Å². The van der Waals surface area contributed by atoms with Crippen LogP contribution in [0.3, 0.4) is 0 Å². The van der Waals surface area contributed by atoms with Crippen LogP contribution in [0.4, 0.5) is 4.39 Å². The first kappa shape index (κ1) is 15.4. The van der Waals surface area contributed by atoms with Gasteiger partial charge in [-0.1, -0.05) is 13.8 Å². The van der Waals surface area contributed by atoms with Gasteiger partial charge in [0, 0.05) is 5.56 Å². The van der Waals surface area contributed by atoms with Gasteiger partial charge in [0.2, 0.25) is 0 Å². The molecular formula is C14H13Br2FN2O. The van der Waals surface area contributed by atoms with Gasteiger partial charge in [-0.25, -0.2) is 9.37 Å². The van der Waals surface area contributed by atoms with Gasteiger partial charge in [-0.3, -0.25) is 4.79 Å². The van der Waals surface area contributed by atoms with Crippen LogP contribution in [0.25, 0.3) is 11.4 Å². The normalized spacial score (nSPS) is 11.1. The average molecular weight is 404 g/mol. The van der Waals surface area contributed by atoms with E-state index < -0.39 is 0 Å². The Morgan fingerprint density at radius 1 is 1.35 bits per heavy atom. The van der Waals surface area contributed by atoms with Crippen LogP contribution < -0.4 is 5.56 Å². The van der Waals surface area contributed by atoms with Crippen molar-refractivity contribution in [1.29, 1.82) is 0 Å². The molecule has 6 heteroatoms. The molecule has 1 N–H and O–H groups in total. The SMILES string of the molecule is CC(C)Cc1nc(-c2ccc(F)c(Br)c2)[nH]c(=O)c1Br. The summed E-state index contributed by atoms with van der Waals surface area (Å²) in [4.78, 5) is 19.1. The lowest BCUT2D eigenvalue weighted by atomic mass is 10.1. The number of halogens is 3. The molecule has 1 heterocycles. The van der Waals surface area contributed by atoms with Crippen molar-refractivity contribution < 1.29 is 4.39 Å². The Labute approximate surface area is 132 Å². The zero-order valence-corrected chi connectivity index (χ0v) is 14.2. The summed E-state index contributed by atoms with van der Waals surface area (Å²) in [5, 5.41) is 0. The van der Waals surface area contributed by atoms with E-state index in [-0.39, 0.29) is 11.4 Å². The summed E-state index contributed by atoms with van der Waals surface area (Å²) >= 11 is 6.40. The molecule has 0 atom stereocenters. The maximum absolute atomic E-state index is 13.3. The van der Waals surface area contributed by atoms with E-state index in [4.69, 9.17) is 0 Å². The molecule has 1 aromatic carbocycles. The zero-order chi connectivity index (χ0) is 14.9. The van der Waals surface area contributed by atoms with Crippen LogP contribution >= 0.6 is 31.9 Å². The molecule has 1 aromatic heterocycles. The summed E-state index contributed by atoms with van der Waals surface area (Å²) in [5.74, 6) is 0.471. The first-order valence-corrected chi connectivity index (χ1v) is 7.71. The van der Waals surface area contributed by atoms with Crippen LogP contribution in [0, 0.1) is 11.7 Å². The van der Waals surface area contributed by atoms with Gasteiger partial charge in [-0.15, -0.1) is 0 Å². The lowest BCUT2D eigenvalue weighted by Gasteiger charge is -2.09. The third kappa shape index (κ3) is 3.35. The molecule has 2 rings (SSSR count). The van der Waals surface area contributed by atoms with Gasteiger partial charge in [0.15, 0.2) is 0 Å². The van der Waals surface area contributed by atoms with Crippen molar-refractivity contribution in [3.63, 3.8) is 0 Å². The lowest BCUT2D eigenvalue weighted by Crippen LogP contribution is -2.15. The van der Waals surface area contributed by atoms with E-state index in [2.05, 4.69) is 55.7 Å². The van der Waals surface area contributed by atoms with Gasteiger partial charge < -0.3 is 4.98 Å². The molecule has 0 saturated carbocycles. The first-order valence-electron chi connectivity index (χ1n) is 6.12. The molecule has 0 unspecified atom stereocenters. The molecule has 0 radical (unpaired) electrons. The predicted octanol–water partition coefficient (Wildman–Crippen LogP) is 4.30. The fraction of sp³-hybridized carbons (Fsp3) is 0.286. The number of nitrogens with one attached hydrogen (secondary N) is 1. The molecule has 0 bridgehead atoms. The molecule has 106 valence electrons. The van der Waals surface area contributed by atoms with Gasteiger partial charge in [-0.05, 0) is 62.4 Å². The summed E-state index contributed by atoms with van der Waals surface area (Å²) in [6, 6.07) is 4.52. The van der Waals surface area contributed by atoms with E-state index in [1.54, 1.807) is 12.1 Å². The standard InChI is InChI=1S/C14H13Br2FN2O/c1-7(2)5-11-12(16)14(20)19-13(18-11)8-3-4-10(17)9(15)6-8/h3-4,6-7H,5H2,1-2H3,(H,18,19,20). The second-order valence-electron chi connectivity index (χ2n) is 4.90. The van der Waals surface area contributed by atoms with E-state index >= 15 is 0 Å². The van der Waals surface area contributed by atoms with Crippen molar-refractivity contribution >= 4 is 31.9 Å². The molecule has 0 aliphatic carbocycles. The van der Waals surface area contributed by atoms with E-state index in [1.807, 2.05) is 0 Å². The topological polar surface area (TPSA) is 45.8 Å². The highest BCUT2D eigenvalue weighted by atomic mass is 79.9. The highest BCUT2D eigenvalue weighted by Crippen LogP contribution is 2.24. The molecule has 20 heavy (non-hydrogen) atoms. The van der Waals surface area contributed by atoms with E-state index in [0.717, 1.165) is 0 Å². The molecule has 0 spiro atoms. The maximum atomic E-state index is 13.3. The fourth-order valence-electron chi connectivity index (χ4n) is 1.81. The number of hydrogen-bond donors (Lipinski definition) is 1. The Hall–Kier alpha value is -1.01. The van der Waals surface area contributed by atoms with Gasteiger partial charge in [0.05, 0.1) is 10.2 Å². The van der Waals surface area contributed by atoms with Crippen molar-refractivity contribution in [3.8, 4) is 11.4 Å². The molecule has 0 aliphatic heterocycles. The zero-order valence-electron chi connectivity index (χ0n) is 11.0. The van der Waals surface area contributed by atoms with E-state index in [0.29, 0.717) is 38.4 Å². The quantitative estimate of drug-likeness (QED) is 0.830. The first-order chi connectivity index (χ1) is 9.38. The summed E-state index contributed by atoms with van der Waals surface area (Å²) in [5.41, 5.74) is 1.14. The smallest absolute Gasteiger partial charge is 0.265 e. The fourth-order valence-corrected chi connectivity index (χ4v) is 2.54. The number of hydrogen-bond acceptors (Lipinski definition) is 2. The minimum absolute atomic E-state index is 0.230. The number of aromatic amines is 1. The Morgan fingerprint density at radius 3 is 2.65 bits per heavy atom. The number of rotatable bonds is 3. The molecule has 0 saturated heterocycles. The minimum atomic E-state index is -0.351. The van der Waals surface area contributed by atoms with Crippen LogP contribution in [-0.2, 0) is 6.42 Å². The van der Waals surface area contributed by atoms with Crippen molar-refractivity contribution in [2.45, 2.75) is 20.3 Å². The van der Waals surface area contributed by atoms with Gasteiger partial charge in [0.1, 0.15) is 16.1 Å². The molecule has 2 aromatic rings. The summed E-state index contributed by atoms with van der Waals surface area (Å²) in [7, 11) is 0. The largest absolute Gasteiger partial charge is 0.306 e. The van der Waals surface area contributed by atoms with Crippen LogP contribution in [0.1, 0.15) is 19.5 Å². The van der Waals surface area contributed by atoms with Crippen molar-refractivity contribution in [3.05, 3.63) is 49.0 Å². The third-order valence-corrected chi connectivity index (χ3v) is 4.15. The molecule has 0 aliphatic rings. The number of aromatic nitrogens is 2. The highest BCUT2D eigenvalue weighted by molar-refractivity contribution is 9.10. The number of nitrogens with zero attached hydrogens (tertiary/aromatic N) is 1. The van der Waals surface area contributed by atoms with Crippen LogP contribution in [-0.4, -0.2) is 9.97 Å². The van der Waals surface area contributed by atoms with Gasteiger partial charge >= 0.3 is 0 Å². The minimum Gasteiger partial charge on any atom is -0.306 e. The Balaban J connectivity index is 2.54.